The Labute approximate surface area is 174 Å². The molecule has 0 aliphatic rings. The molecule has 4 rings (SSSR count). The van der Waals surface area contributed by atoms with Crippen LogP contribution in [0.1, 0.15) is 33.9 Å². The van der Waals surface area contributed by atoms with Crippen LogP contribution in [0.15, 0.2) is 78.9 Å². The number of aromatic nitrogens is 1. The summed E-state index contributed by atoms with van der Waals surface area (Å²) >= 11 is 1.74. The number of hydrogen-bond donors (Lipinski definition) is 1. The molecule has 29 heavy (non-hydrogen) atoms. The highest BCUT2D eigenvalue weighted by Gasteiger charge is 2.15. The monoisotopic (exact) mass is 401 g/mol. The molecule has 4 aromatic rings. The van der Waals surface area contributed by atoms with Gasteiger partial charge < -0.3 is 5.32 Å². The third-order valence-corrected chi connectivity index (χ3v) is 6.07. The van der Waals surface area contributed by atoms with Gasteiger partial charge in [-0.3, -0.25) is 9.69 Å². The van der Waals surface area contributed by atoms with Crippen molar-refractivity contribution in [2.75, 3.05) is 12.4 Å². The molecule has 0 saturated heterocycles. The van der Waals surface area contributed by atoms with E-state index in [2.05, 4.69) is 42.4 Å². The molecule has 3 aromatic carbocycles. The van der Waals surface area contributed by atoms with Crippen molar-refractivity contribution in [3.63, 3.8) is 0 Å². The first kappa shape index (κ1) is 19.3. The normalized spacial score (nSPS) is 12.2. The molecule has 0 aliphatic heterocycles. The zero-order chi connectivity index (χ0) is 20.2. The second-order valence-corrected chi connectivity index (χ2v) is 8.23. The van der Waals surface area contributed by atoms with Gasteiger partial charge in [0.1, 0.15) is 5.01 Å². The Hall–Kier alpha value is -3.02. The number of para-hydroxylation sites is 1. The molecule has 0 bridgehead atoms. The van der Waals surface area contributed by atoms with Gasteiger partial charge in [0.15, 0.2) is 0 Å². The number of anilines is 1. The smallest absolute Gasteiger partial charge is 0.255 e. The van der Waals surface area contributed by atoms with Crippen molar-refractivity contribution < 1.29 is 4.79 Å². The first-order chi connectivity index (χ1) is 14.1. The number of rotatable bonds is 6. The Bertz CT molecular complexity index is 1090. The maximum absolute atomic E-state index is 12.4. The number of benzene rings is 3. The largest absolute Gasteiger partial charge is 0.322 e. The topological polar surface area (TPSA) is 45.2 Å². The van der Waals surface area contributed by atoms with Gasteiger partial charge in [0.25, 0.3) is 5.91 Å². The van der Waals surface area contributed by atoms with Crippen LogP contribution in [0.5, 0.6) is 0 Å². The summed E-state index contributed by atoms with van der Waals surface area (Å²) in [4.78, 5) is 19.4. The van der Waals surface area contributed by atoms with Crippen LogP contribution in [0.25, 0.3) is 10.2 Å². The summed E-state index contributed by atoms with van der Waals surface area (Å²) in [5.74, 6) is -0.0989. The lowest BCUT2D eigenvalue weighted by Gasteiger charge is -2.24. The average molecular weight is 402 g/mol. The minimum atomic E-state index is -0.0989. The van der Waals surface area contributed by atoms with Crippen molar-refractivity contribution in [3.05, 3.63) is 95.0 Å². The van der Waals surface area contributed by atoms with Crippen LogP contribution in [0.4, 0.5) is 5.69 Å². The highest BCUT2D eigenvalue weighted by atomic mass is 32.1. The lowest BCUT2D eigenvalue weighted by atomic mass is 10.1. The van der Waals surface area contributed by atoms with E-state index in [1.807, 2.05) is 60.7 Å². The predicted octanol–water partition coefficient (Wildman–Crippen LogP) is 5.74. The zero-order valence-corrected chi connectivity index (χ0v) is 17.3. The van der Waals surface area contributed by atoms with Crippen LogP contribution in [0.3, 0.4) is 0 Å². The van der Waals surface area contributed by atoms with E-state index >= 15 is 0 Å². The molecule has 0 fully saturated rings. The number of hydrogen-bond acceptors (Lipinski definition) is 4. The van der Waals surface area contributed by atoms with Gasteiger partial charge in [-0.2, -0.15) is 0 Å². The second-order valence-electron chi connectivity index (χ2n) is 7.11. The van der Waals surface area contributed by atoms with Crippen LogP contribution in [-0.4, -0.2) is 22.8 Å². The van der Waals surface area contributed by atoms with E-state index in [1.165, 1.54) is 4.70 Å². The fraction of sp³-hybridized carbons (Fsp3) is 0.167. The zero-order valence-electron chi connectivity index (χ0n) is 16.5. The molecule has 5 heteroatoms. The third kappa shape index (κ3) is 4.53. The maximum Gasteiger partial charge on any atom is 0.255 e. The molecule has 1 atom stereocenters. The number of fused-ring (bicyclic) bond motifs is 1. The molecule has 1 unspecified atom stereocenters. The van der Waals surface area contributed by atoms with Gasteiger partial charge in [-0.25, -0.2) is 4.98 Å². The summed E-state index contributed by atoms with van der Waals surface area (Å²) in [6.45, 7) is 2.95. The highest BCUT2D eigenvalue weighted by Crippen LogP contribution is 2.27. The van der Waals surface area contributed by atoms with Gasteiger partial charge in [-0.15, -0.1) is 11.3 Å². The first-order valence-electron chi connectivity index (χ1n) is 9.61. The van der Waals surface area contributed by atoms with E-state index in [9.17, 15) is 4.79 Å². The first-order valence-corrected chi connectivity index (χ1v) is 10.4. The van der Waals surface area contributed by atoms with Crippen molar-refractivity contribution in [1.82, 2.24) is 9.88 Å². The molecule has 1 amide bonds. The Morgan fingerprint density at radius 1 is 1.03 bits per heavy atom. The van der Waals surface area contributed by atoms with Gasteiger partial charge in [0.2, 0.25) is 0 Å². The standard InChI is InChI=1S/C24H23N3OS/c1-17(27(2)16-23-26-21-13-6-7-14-22(21)29-23)19-11-8-12-20(15-19)25-24(28)18-9-4-3-5-10-18/h3-15,17H,16H2,1-2H3,(H,25,28). The molecule has 146 valence electrons. The van der Waals surface area contributed by atoms with Crippen LogP contribution < -0.4 is 5.32 Å². The summed E-state index contributed by atoms with van der Waals surface area (Å²) < 4.78 is 1.22. The number of amides is 1. The lowest BCUT2D eigenvalue weighted by Crippen LogP contribution is -2.22. The second kappa shape index (κ2) is 8.55. The fourth-order valence-corrected chi connectivity index (χ4v) is 4.29. The predicted molar refractivity (Wildman–Crippen MR) is 120 cm³/mol. The van der Waals surface area contributed by atoms with Gasteiger partial charge in [0.05, 0.1) is 16.8 Å². The lowest BCUT2D eigenvalue weighted by molar-refractivity contribution is 0.102. The molecule has 1 heterocycles. The SMILES string of the molecule is CC(c1cccc(NC(=O)c2ccccc2)c1)N(C)Cc1nc2ccccc2s1. The van der Waals surface area contributed by atoms with E-state index in [-0.39, 0.29) is 11.9 Å². The summed E-state index contributed by atoms with van der Waals surface area (Å²) in [5.41, 5.74) is 3.66. The van der Waals surface area contributed by atoms with Crippen LogP contribution >= 0.6 is 11.3 Å². The summed E-state index contributed by atoms with van der Waals surface area (Å²) in [6.07, 6.45) is 0. The third-order valence-electron chi connectivity index (χ3n) is 5.05. The molecular formula is C24H23N3OS. The molecule has 0 spiro atoms. The number of thiazole rings is 1. The van der Waals surface area contributed by atoms with E-state index < -0.39 is 0 Å². The fourth-order valence-electron chi connectivity index (χ4n) is 3.26. The Kier molecular flexibility index (Phi) is 5.69. The number of carbonyl (C=O) groups excluding carboxylic acids is 1. The van der Waals surface area contributed by atoms with E-state index in [0.29, 0.717) is 5.56 Å². The summed E-state index contributed by atoms with van der Waals surface area (Å²) in [7, 11) is 2.10. The molecule has 0 aliphatic carbocycles. The number of nitrogens with one attached hydrogen (secondary N) is 1. The van der Waals surface area contributed by atoms with E-state index in [0.717, 1.165) is 28.3 Å². The molecule has 4 nitrogen and oxygen atoms in total. The van der Waals surface area contributed by atoms with E-state index in [1.54, 1.807) is 11.3 Å². The van der Waals surface area contributed by atoms with Gasteiger partial charge in [0, 0.05) is 17.3 Å². The van der Waals surface area contributed by atoms with Crippen molar-refractivity contribution in [2.24, 2.45) is 0 Å². The van der Waals surface area contributed by atoms with Crippen molar-refractivity contribution in [1.29, 1.82) is 0 Å². The van der Waals surface area contributed by atoms with Crippen molar-refractivity contribution >= 4 is 33.1 Å². The van der Waals surface area contributed by atoms with Crippen molar-refractivity contribution in [2.45, 2.75) is 19.5 Å². The Morgan fingerprint density at radius 2 is 1.79 bits per heavy atom. The Morgan fingerprint density at radius 3 is 2.59 bits per heavy atom. The minimum absolute atomic E-state index is 0.0989. The number of carbonyl (C=O) groups is 1. The minimum Gasteiger partial charge on any atom is -0.322 e. The molecule has 0 saturated carbocycles. The molecule has 1 N–H and O–H groups in total. The average Bonchev–Trinajstić information content (AvgIpc) is 3.16. The summed E-state index contributed by atoms with van der Waals surface area (Å²) in [6, 6.07) is 25.7. The Balaban J connectivity index is 1.46. The van der Waals surface area contributed by atoms with Crippen LogP contribution in [0.2, 0.25) is 0 Å². The molecular weight excluding hydrogens is 378 g/mol. The van der Waals surface area contributed by atoms with E-state index in [4.69, 9.17) is 4.98 Å². The molecule has 1 aromatic heterocycles. The molecule has 0 radical (unpaired) electrons. The quantitative estimate of drug-likeness (QED) is 0.448. The van der Waals surface area contributed by atoms with Gasteiger partial charge in [-0.05, 0) is 55.9 Å². The van der Waals surface area contributed by atoms with Crippen LogP contribution in [-0.2, 0) is 6.54 Å². The van der Waals surface area contributed by atoms with Crippen LogP contribution in [0, 0.1) is 0 Å². The van der Waals surface area contributed by atoms with Gasteiger partial charge >= 0.3 is 0 Å². The summed E-state index contributed by atoms with van der Waals surface area (Å²) in [5, 5.41) is 4.10. The number of nitrogens with zero attached hydrogens (tertiary/aromatic N) is 2. The highest BCUT2D eigenvalue weighted by molar-refractivity contribution is 7.18. The van der Waals surface area contributed by atoms with Crippen molar-refractivity contribution in [3.8, 4) is 0 Å². The van der Waals surface area contributed by atoms with Gasteiger partial charge in [-0.1, -0.05) is 42.5 Å². The maximum atomic E-state index is 12.4.